The third-order valence-electron chi connectivity index (χ3n) is 2.19. The lowest BCUT2D eigenvalue weighted by Gasteiger charge is -2.17. The number of hydrogen-bond acceptors (Lipinski definition) is 2. The molecule has 0 atom stereocenters. The fraction of sp³-hybridized carbons (Fsp3) is 0.300. The Kier molecular flexibility index (Phi) is 2.19. The van der Waals surface area contributed by atoms with Crippen molar-refractivity contribution in [2.24, 2.45) is 5.73 Å². The van der Waals surface area contributed by atoms with E-state index in [1.54, 1.807) is 0 Å². The molecule has 68 valence electrons. The van der Waals surface area contributed by atoms with Crippen LogP contribution in [0.1, 0.15) is 17.5 Å². The van der Waals surface area contributed by atoms with Gasteiger partial charge in [-0.2, -0.15) is 0 Å². The number of rotatable bonds is 1. The molecule has 1 aromatic rings. The molecule has 0 saturated carbocycles. The molecule has 13 heavy (non-hydrogen) atoms. The first-order valence-corrected chi connectivity index (χ1v) is 4.74. The summed E-state index contributed by atoms with van der Waals surface area (Å²) in [6.45, 7) is 0.819. The Morgan fingerprint density at radius 1 is 1.46 bits per heavy atom. The van der Waals surface area contributed by atoms with Crippen LogP contribution in [0.2, 0.25) is 0 Å². The highest BCUT2D eigenvalue weighted by Crippen LogP contribution is 2.25. The Hall–Kier alpha value is -1.09. The first kappa shape index (κ1) is 8.51. The predicted octanol–water partition coefficient (Wildman–Crippen LogP) is 1.65. The van der Waals surface area contributed by atoms with Gasteiger partial charge < -0.3 is 10.5 Å². The minimum absolute atomic E-state index is 0.452. The van der Waals surface area contributed by atoms with E-state index in [0.717, 1.165) is 30.8 Å². The normalized spacial score (nSPS) is 14.5. The molecule has 2 N–H and O–H groups in total. The van der Waals surface area contributed by atoms with Crippen LogP contribution >= 0.6 is 12.2 Å². The van der Waals surface area contributed by atoms with E-state index in [2.05, 4.69) is 0 Å². The van der Waals surface area contributed by atoms with Crippen LogP contribution in [0.5, 0.6) is 5.75 Å². The number of thiocarbonyl (C=S) groups is 1. The second kappa shape index (κ2) is 3.34. The van der Waals surface area contributed by atoms with Gasteiger partial charge in [0.05, 0.1) is 6.61 Å². The summed E-state index contributed by atoms with van der Waals surface area (Å²) in [5.74, 6) is 0.978. The van der Waals surface area contributed by atoms with Crippen molar-refractivity contribution in [1.82, 2.24) is 0 Å². The van der Waals surface area contributed by atoms with Gasteiger partial charge in [-0.3, -0.25) is 0 Å². The quantitative estimate of drug-likeness (QED) is 0.689. The molecule has 0 saturated heterocycles. The van der Waals surface area contributed by atoms with E-state index >= 15 is 0 Å². The van der Waals surface area contributed by atoms with Gasteiger partial charge in [-0.15, -0.1) is 0 Å². The SMILES string of the molecule is NC(=S)c1ccc2c(c1)CCCO2. The van der Waals surface area contributed by atoms with Crippen LogP contribution < -0.4 is 10.5 Å². The van der Waals surface area contributed by atoms with E-state index in [9.17, 15) is 0 Å². The van der Waals surface area contributed by atoms with Crippen molar-refractivity contribution < 1.29 is 4.74 Å². The van der Waals surface area contributed by atoms with Crippen LogP contribution in [0, 0.1) is 0 Å². The van der Waals surface area contributed by atoms with Crippen molar-refractivity contribution in [1.29, 1.82) is 0 Å². The van der Waals surface area contributed by atoms with Gasteiger partial charge in [-0.1, -0.05) is 12.2 Å². The van der Waals surface area contributed by atoms with Gasteiger partial charge in [0.1, 0.15) is 10.7 Å². The van der Waals surface area contributed by atoms with Crippen molar-refractivity contribution >= 4 is 17.2 Å². The first-order valence-electron chi connectivity index (χ1n) is 4.33. The van der Waals surface area contributed by atoms with E-state index in [0.29, 0.717) is 4.99 Å². The second-order valence-corrected chi connectivity index (χ2v) is 3.58. The van der Waals surface area contributed by atoms with Gasteiger partial charge in [0.25, 0.3) is 0 Å². The monoisotopic (exact) mass is 193 g/mol. The molecule has 1 heterocycles. The van der Waals surface area contributed by atoms with Gasteiger partial charge in [-0.05, 0) is 36.6 Å². The largest absolute Gasteiger partial charge is 0.493 e. The van der Waals surface area contributed by atoms with Crippen molar-refractivity contribution in [3.05, 3.63) is 29.3 Å². The Morgan fingerprint density at radius 3 is 3.08 bits per heavy atom. The molecule has 1 aliphatic heterocycles. The highest BCUT2D eigenvalue weighted by molar-refractivity contribution is 7.80. The lowest BCUT2D eigenvalue weighted by atomic mass is 10.0. The second-order valence-electron chi connectivity index (χ2n) is 3.14. The van der Waals surface area contributed by atoms with Gasteiger partial charge in [0.2, 0.25) is 0 Å². The maximum absolute atomic E-state index is 5.54. The van der Waals surface area contributed by atoms with Crippen LogP contribution in [0.4, 0.5) is 0 Å². The maximum Gasteiger partial charge on any atom is 0.122 e. The summed E-state index contributed by atoms with van der Waals surface area (Å²) < 4.78 is 5.47. The van der Waals surface area contributed by atoms with Crippen molar-refractivity contribution in [3.63, 3.8) is 0 Å². The average Bonchev–Trinajstić information content (AvgIpc) is 2.17. The van der Waals surface area contributed by atoms with E-state index in [1.165, 1.54) is 5.56 Å². The Morgan fingerprint density at radius 2 is 2.31 bits per heavy atom. The smallest absolute Gasteiger partial charge is 0.122 e. The van der Waals surface area contributed by atoms with E-state index in [-0.39, 0.29) is 0 Å². The maximum atomic E-state index is 5.54. The molecule has 0 unspecified atom stereocenters. The Balaban J connectivity index is 2.40. The van der Waals surface area contributed by atoms with E-state index in [1.807, 2.05) is 18.2 Å². The number of ether oxygens (including phenoxy) is 1. The van der Waals surface area contributed by atoms with Crippen molar-refractivity contribution in [2.45, 2.75) is 12.8 Å². The summed E-state index contributed by atoms with van der Waals surface area (Å²) in [6, 6.07) is 5.88. The van der Waals surface area contributed by atoms with Crippen LogP contribution in [-0.4, -0.2) is 11.6 Å². The number of nitrogens with two attached hydrogens (primary N) is 1. The molecule has 1 aromatic carbocycles. The van der Waals surface area contributed by atoms with Gasteiger partial charge >= 0.3 is 0 Å². The zero-order valence-corrected chi connectivity index (χ0v) is 8.06. The highest BCUT2D eigenvalue weighted by atomic mass is 32.1. The predicted molar refractivity (Wildman–Crippen MR) is 56.1 cm³/mol. The molecule has 3 heteroatoms. The summed E-state index contributed by atoms with van der Waals surface area (Å²) in [5.41, 5.74) is 7.69. The van der Waals surface area contributed by atoms with Crippen LogP contribution in [-0.2, 0) is 6.42 Å². The lowest BCUT2D eigenvalue weighted by Crippen LogP contribution is -2.12. The number of aryl methyl sites for hydroxylation is 1. The molecular weight excluding hydrogens is 182 g/mol. The van der Waals surface area contributed by atoms with Gasteiger partial charge in [-0.25, -0.2) is 0 Å². The van der Waals surface area contributed by atoms with Crippen LogP contribution in [0.15, 0.2) is 18.2 Å². The highest BCUT2D eigenvalue weighted by Gasteiger charge is 2.10. The van der Waals surface area contributed by atoms with Crippen molar-refractivity contribution in [2.75, 3.05) is 6.61 Å². The fourth-order valence-electron chi connectivity index (χ4n) is 1.51. The number of fused-ring (bicyclic) bond motifs is 1. The number of hydrogen-bond donors (Lipinski definition) is 1. The Labute approximate surface area is 82.7 Å². The Bertz CT molecular complexity index is 349. The van der Waals surface area contributed by atoms with Crippen molar-refractivity contribution in [3.8, 4) is 5.75 Å². The molecule has 0 aliphatic carbocycles. The molecule has 0 spiro atoms. The summed E-state index contributed by atoms with van der Waals surface area (Å²) >= 11 is 4.90. The molecule has 0 fully saturated rings. The topological polar surface area (TPSA) is 35.2 Å². The molecule has 2 nitrogen and oxygen atoms in total. The van der Waals surface area contributed by atoms with Crippen LogP contribution in [0.3, 0.4) is 0 Å². The van der Waals surface area contributed by atoms with E-state index in [4.69, 9.17) is 22.7 Å². The molecule has 0 radical (unpaired) electrons. The molecule has 0 bridgehead atoms. The minimum Gasteiger partial charge on any atom is -0.493 e. The lowest BCUT2D eigenvalue weighted by molar-refractivity contribution is 0.288. The third kappa shape index (κ3) is 1.65. The van der Waals surface area contributed by atoms with Gasteiger partial charge in [0, 0.05) is 5.56 Å². The molecule has 2 rings (SSSR count). The zero-order valence-electron chi connectivity index (χ0n) is 7.25. The fourth-order valence-corrected chi connectivity index (χ4v) is 1.64. The molecular formula is C10H11NOS. The minimum atomic E-state index is 0.452. The summed E-state index contributed by atoms with van der Waals surface area (Å²) in [4.78, 5) is 0.452. The standard InChI is InChI=1S/C10H11NOS/c11-10(13)8-3-4-9-7(6-8)2-1-5-12-9/h3-4,6H,1-2,5H2,(H2,11,13). The number of benzene rings is 1. The average molecular weight is 193 g/mol. The summed E-state index contributed by atoms with van der Waals surface area (Å²) in [7, 11) is 0. The summed E-state index contributed by atoms with van der Waals surface area (Å²) in [5, 5.41) is 0. The summed E-state index contributed by atoms with van der Waals surface area (Å²) in [6.07, 6.45) is 2.14. The first-order chi connectivity index (χ1) is 6.27. The molecule has 0 amide bonds. The third-order valence-corrected chi connectivity index (χ3v) is 2.43. The van der Waals surface area contributed by atoms with E-state index < -0.39 is 0 Å². The zero-order chi connectivity index (χ0) is 9.26. The molecule has 1 aliphatic rings. The van der Waals surface area contributed by atoms with Gasteiger partial charge in [0.15, 0.2) is 0 Å². The van der Waals surface area contributed by atoms with Crippen LogP contribution in [0.25, 0.3) is 0 Å². The molecule has 0 aromatic heterocycles.